The van der Waals surface area contributed by atoms with Gasteiger partial charge in [0.05, 0.1) is 11.4 Å². The van der Waals surface area contributed by atoms with Gasteiger partial charge in [-0.05, 0) is 12.0 Å². The van der Waals surface area contributed by atoms with Crippen LogP contribution in [0.5, 0.6) is 11.5 Å². The Morgan fingerprint density at radius 1 is 1.32 bits per heavy atom. The standard InChI is InChI=1S/C14H16N4O3.ClH/c1-7(2)9-4-11(18-17-9)14(19)16-10-5-13-12(3-8(10)15)20-6-21-13;/h3-5,7H,6,15H2,1-2H3,(H,16,19)(H,17,18);1H. The number of nitrogen functional groups attached to an aromatic ring is 1. The lowest BCUT2D eigenvalue weighted by atomic mass is 10.1. The molecule has 3 rings (SSSR count). The van der Waals surface area contributed by atoms with Gasteiger partial charge in [-0.25, -0.2) is 0 Å². The summed E-state index contributed by atoms with van der Waals surface area (Å²) in [6.07, 6.45) is 0. The molecule has 0 spiro atoms. The van der Waals surface area contributed by atoms with Crippen LogP contribution >= 0.6 is 12.4 Å². The number of benzene rings is 1. The second-order valence-electron chi connectivity index (χ2n) is 5.11. The Balaban J connectivity index is 0.00000176. The summed E-state index contributed by atoms with van der Waals surface area (Å²) >= 11 is 0. The average Bonchev–Trinajstić information content (AvgIpc) is 3.07. The van der Waals surface area contributed by atoms with E-state index < -0.39 is 0 Å². The number of amides is 1. The highest BCUT2D eigenvalue weighted by Crippen LogP contribution is 2.38. The second kappa shape index (κ2) is 6.15. The fourth-order valence-electron chi connectivity index (χ4n) is 2.00. The summed E-state index contributed by atoms with van der Waals surface area (Å²) in [5, 5.41) is 9.57. The highest BCUT2D eigenvalue weighted by molar-refractivity contribution is 6.04. The van der Waals surface area contributed by atoms with Crippen LogP contribution in [0.25, 0.3) is 0 Å². The lowest BCUT2D eigenvalue weighted by molar-refractivity contribution is 0.102. The van der Waals surface area contributed by atoms with Gasteiger partial charge in [-0.1, -0.05) is 13.8 Å². The van der Waals surface area contributed by atoms with Gasteiger partial charge in [0.2, 0.25) is 6.79 Å². The highest BCUT2D eigenvalue weighted by atomic mass is 35.5. The second-order valence-corrected chi connectivity index (χ2v) is 5.11. The van der Waals surface area contributed by atoms with E-state index in [0.29, 0.717) is 28.6 Å². The van der Waals surface area contributed by atoms with E-state index in [1.165, 1.54) is 0 Å². The first-order chi connectivity index (χ1) is 10.0. The first-order valence-electron chi connectivity index (χ1n) is 6.60. The number of anilines is 2. The Kier molecular flexibility index (Phi) is 4.46. The minimum absolute atomic E-state index is 0. The molecule has 0 atom stereocenters. The smallest absolute Gasteiger partial charge is 0.276 e. The molecule has 0 bridgehead atoms. The molecule has 0 saturated carbocycles. The number of nitrogens with zero attached hydrogens (tertiary/aromatic N) is 1. The van der Waals surface area contributed by atoms with E-state index in [1.54, 1.807) is 18.2 Å². The summed E-state index contributed by atoms with van der Waals surface area (Å²) < 4.78 is 10.5. The number of halogens is 1. The van der Waals surface area contributed by atoms with Gasteiger partial charge in [0.25, 0.3) is 5.91 Å². The Labute approximate surface area is 133 Å². The number of nitrogens with one attached hydrogen (secondary N) is 2. The Hall–Kier alpha value is -2.41. The van der Waals surface area contributed by atoms with Gasteiger partial charge in [0.1, 0.15) is 0 Å². The molecule has 0 aliphatic carbocycles. The van der Waals surface area contributed by atoms with Crippen LogP contribution < -0.4 is 20.5 Å². The Morgan fingerprint density at radius 2 is 2.00 bits per heavy atom. The highest BCUT2D eigenvalue weighted by Gasteiger charge is 2.19. The summed E-state index contributed by atoms with van der Waals surface area (Å²) in [6.45, 7) is 4.19. The summed E-state index contributed by atoms with van der Waals surface area (Å²) in [4.78, 5) is 12.2. The van der Waals surface area contributed by atoms with Crippen molar-refractivity contribution in [3.05, 3.63) is 29.6 Å². The van der Waals surface area contributed by atoms with E-state index in [2.05, 4.69) is 15.5 Å². The molecule has 22 heavy (non-hydrogen) atoms. The molecule has 0 saturated heterocycles. The SMILES string of the molecule is CC(C)c1cc(C(=O)Nc2cc3c(cc2N)OCO3)n[nH]1.Cl. The summed E-state index contributed by atoms with van der Waals surface area (Å²) in [5.74, 6) is 1.08. The van der Waals surface area contributed by atoms with Crippen molar-refractivity contribution in [2.24, 2.45) is 0 Å². The first-order valence-corrected chi connectivity index (χ1v) is 6.60. The van der Waals surface area contributed by atoms with Gasteiger partial charge in [-0.2, -0.15) is 5.10 Å². The number of rotatable bonds is 3. The minimum Gasteiger partial charge on any atom is -0.454 e. The molecule has 0 unspecified atom stereocenters. The van der Waals surface area contributed by atoms with Crippen molar-refractivity contribution >= 4 is 29.7 Å². The van der Waals surface area contributed by atoms with Crippen LogP contribution in [0.3, 0.4) is 0 Å². The van der Waals surface area contributed by atoms with Crippen molar-refractivity contribution < 1.29 is 14.3 Å². The van der Waals surface area contributed by atoms with Gasteiger partial charge in [-0.3, -0.25) is 9.89 Å². The van der Waals surface area contributed by atoms with E-state index >= 15 is 0 Å². The summed E-state index contributed by atoms with van der Waals surface area (Å²) in [6, 6.07) is 5.00. The number of H-pyrrole nitrogens is 1. The molecule has 0 radical (unpaired) electrons. The molecule has 1 aliphatic rings. The summed E-state index contributed by atoms with van der Waals surface area (Å²) in [7, 11) is 0. The number of ether oxygens (including phenoxy) is 2. The summed E-state index contributed by atoms with van der Waals surface area (Å²) in [5.41, 5.74) is 7.99. The van der Waals surface area contributed by atoms with Crippen molar-refractivity contribution in [3.8, 4) is 11.5 Å². The fraction of sp³-hybridized carbons (Fsp3) is 0.286. The molecular weight excluding hydrogens is 308 g/mol. The Bertz CT molecular complexity index is 699. The number of fused-ring (bicyclic) bond motifs is 1. The van der Waals surface area contributed by atoms with E-state index in [-0.39, 0.29) is 31.0 Å². The lowest BCUT2D eigenvalue weighted by Gasteiger charge is -2.08. The predicted octanol–water partition coefficient (Wildman–Crippen LogP) is 2.52. The maximum Gasteiger partial charge on any atom is 0.276 e. The molecule has 118 valence electrons. The lowest BCUT2D eigenvalue weighted by Crippen LogP contribution is -2.13. The maximum atomic E-state index is 12.2. The van der Waals surface area contributed by atoms with E-state index in [0.717, 1.165) is 5.69 Å². The average molecular weight is 325 g/mol. The number of hydrogen-bond acceptors (Lipinski definition) is 5. The van der Waals surface area contributed by atoms with Gasteiger partial charge in [-0.15, -0.1) is 12.4 Å². The molecule has 1 aliphatic heterocycles. The van der Waals surface area contributed by atoms with Gasteiger partial charge in [0, 0.05) is 17.8 Å². The zero-order valence-electron chi connectivity index (χ0n) is 12.2. The van der Waals surface area contributed by atoms with Crippen molar-refractivity contribution in [2.45, 2.75) is 19.8 Å². The van der Waals surface area contributed by atoms with Crippen molar-refractivity contribution in [2.75, 3.05) is 17.8 Å². The normalized spacial score (nSPS) is 12.1. The third kappa shape index (κ3) is 2.94. The van der Waals surface area contributed by atoms with Crippen LogP contribution in [-0.4, -0.2) is 22.9 Å². The van der Waals surface area contributed by atoms with Crippen LogP contribution in [0.2, 0.25) is 0 Å². The van der Waals surface area contributed by atoms with Crippen LogP contribution in [-0.2, 0) is 0 Å². The fourth-order valence-corrected chi connectivity index (χ4v) is 2.00. The quantitative estimate of drug-likeness (QED) is 0.753. The zero-order valence-corrected chi connectivity index (χ0v) is 13.0. The molecule has 2 aromatic rings. The van der Waals surface area contributed by atoms with E-state index in [4.69, 9.17) is 15.2 Å². The number of carbonyl (C=O) groups excluding carboxylic acids is 1. The van der Waals surface area contributed by atoms with E-state index in [9.17, 15) is 4.79 Å². The Morgan fingerprint density at radius 3 is 2.64 bits per heavy atom. The molecule has 1 aromatic carbocycles. The topological polar surface area (TPSA) is 102 Å². The predicted molar refractivity (Wildman–Crippen MR) is 84.9 cm³/mol. The van der Waals surface area contributed by atoms with Crippen molar-refractivity contribution in [1.29, 1.82) is 0 Å². The third-order valence-electron chi connectivity index (χ3n) is 3.25. The number of hydrogen-bond donors (Lipinski definition) is 3. The maximum absolute atomic E-state index is 12.2. The monoisotopic (exact) mass is 324 g/mol. The van der Waals surface area contributed by atoms with Gasteiger partial charge in [0.15, 0.2) is 17.2 Å². The zero-order chi connectivity index (χ0) is 15.0. The van der Waals surface area contributed by atoms with Crippen molar-refractivity contribution in [3.63, 3.8) is 0 Å². The van der Waals surface area contributed by atoms with Crippen LogP contribution in [0.15, 0.2) is 18.2 Å². The molecular formula is C14H17ClN4O3. The molecule has 2 heterocycles. The number of nitrogens with two attached hydrogens (primary N) is 1. The van der Waals surface area contributed by atoms with Crippen LogP contribution in [0, 0.1) is 0 Å². The van der Waals surface area contributed by atoms with Gasteiger partial charge < -0.3 is 20.5 Å². The van der Waals surface area contributed by atoms with Gasteiger partial charge >= 0.3 is 0 Å². The molecule has 0 fully saturated rings. The molecule has 1 amide bonds. The van der Waals surface area contributed by atoms with E-state index in [1.807, 2.05) is 13.8 Å². The molecule has 4 N–H and O–H groups in total. The number of aromatic nitrogens is 2. The third-order valence-corrected chi connectivity index (χ3v) is 3.25. The number of aromatic amines is 1. The first kappa shape index (κ1) is 16.0. The minimum atomic E-state index is -0.330. The number of carbonyl (C=O) groups is 1. The van der Waals surface area contributed by atoms with Crippen molar-refractivity contribution in [1.82, 2.24) is 10.2 Å². The molecule has 8 heteroatoms. The largest absolute Gasteiger partial charge is 0.454 e. The van der Waals surface area contributed by atoms with Crippen LogP contribution in [0.1, 0.15) is 35.9 Å². The molecule has 7 nitrogen and oxygen atoms in total. The molecule has 1 aromatic heterocycles. The van der Waals surface area contributed by atoms with Crippen LogP contribution in [0.4, 0.5) is 11.4 Å².